The highest BCUT2D eigenvalue weighted by atomic mass is 16.5. The van der Waals surface area contributed by atoms with Gasteiger partial charge in [0, 0.05) is 37.7 Å². The highest BCUT2D eigenvalue weighted by Crippen LogP contribution is 2.29. The van der Waals surface area contributed by atoms with Gasteiger partial charge in [-0.25, -0.2) is 0 Å². The lowest BCUT2D eigenvalue weighted by atomic mass is 9.84. The van der Waals surface area contributed by atoms with Gasteiger partial charge in [-0.15, -0.1) is 0 Å². The molecular formula is C30H34N4O3. The summed E-state index contributed by atoms with van der Waals surface area (Å²) in [5, 5.41) is 0. The first-order valence-corrected chi connectivity index (χ1v) is 12.8. The molecule has 1 atom stereocenters. The second-order valence-electron chi connectivity index (χ2n) is 9.71. The van der Waals surface area contributed by atoms with E-state index >= 15 is 0 Å². The number of carbonyl (C=O) groups excluding carboxylic acids is 1. The van der Waals surface area contributed by atoms with E-state index in [2.05, 4.69) is 51.0 Å². The van der Waals surface area contributed by atoms with Crippen LogP contribution in [0.3, 0.4) is 0 Å². The number of furan rings is 1. The lowest BCUT2D eigenvalue weighted by Crippen LogP contribution is -2.47. The average Bonchev–Trinajstić information content (AvgIpc) is 3.65. The van der Waals surface area contributed by atoms with Gasteiger partial charge in [-0.05, 0) is 92.4 Å². The maximum Gasteiger partial charge on any atom is 0.289 e. The molecule has 1 aliphatic rings. The Hall–Kier alpha value is -3.84. The molecule has 0 aliphatic carbocycles. The van der Waals surface area contributed by atoms with Gasteiger partial charge in [-0.3, -0.25) is 14.7 Å². The summed E-state index contributed by atoms with van der Waals surface area (Å²) >= 11 is 0. The Morgan fingerprint density at radius 2 is 2.00 bits per heavy atom. The molecular weight excluding hydrogens is 464 g/mol. The third-order valence-corrected chi connectivity index (χ3v) is 7.45. The number of ether oxygens (including phenoxy) is 1. The Labute approximate surface area is 218 Å². The van der Waals surface area contributed by atoms with Gasteiger partial charge in [0.1, 0.15) is 5.75 Å². The van der Waals surface area contributed by atoms with Crippen molar-refractivity contribution in [1.82, 2.24) is 19.4 Å². The predicted molar refractivity (Wildman–Crippen MR) is 143 cm³/mol. The monoisotopic (exact) mass is 498 g/mol. The summed E-state index contributed by atoms with van der Waals surface area (Å²) in [7, 11) is 3.59. The molecule has 192 valence electrons. The number of hydrogen-bond acceptors (Lipinski definition) is 5. The van der Waals surface area contributed by atoms with Gasteiger partial charge in [0.05, 0.1) is 25.3 Å². The van der Waals surface area contributed by atoms with Crippen molar-refractivity contribution in [3.8, 4) is 11.4 Å². The number of methoxy groups -OCH3 is 1. The normalized spacial score (nSPS) is 15.4. The second-order valence-corrected chi connectivity index (χ2v) is 9.71. The third-order valence-electron chi connectivity index (χ3n) is 7.45. The van der Waals surface area contributed by atoms with Crippen LogP contribution in [0, 0.1) is 5.92 Å². The van der Waals surface area contributed by atoms with Crippen LogP contribution in [0.5, 0.6) is 5.75 Å². The van der Waals surface area contributed by atoms with Crippen molar-refractivity contribution in [2.45, 2.75) is 31.8 Å². The summed E-state index contributed by atoms with van der Waals surface area (Å²) in [6, 6.07) is 20.0. The van der Waals surface area contributed by atoms with Crippen molar-refractivity contribution in [1.29, 1.82) is 0 Å². The molecule has 0 spiro atoms. The minimum atomic E-state index is -0.0744. The first-order valence-electron chi connectivity index (χ1n) is 12.8. The fraction of sp³-hybridized carbons (Fsp3) is 0.333. The molecule has 0 radical (unpaired) electrons. The number of nitrogens with zero attached hydrogens (tertiary/aromatic N) is 4. The Balaban J connectivity index is 1.29. The van der Waals surface area contributed by atoms with E-state index in [4.69, 9.17) is 9.15 Å². The first-order chi connectivity index (χ1) is 18.1. The molecule has 0 bridgehead atoms. The van der Waals surface area contributed by atoms with Crippen molar-refractivity contribution in [3.05, 3.63) is 103 Å². The fourth-order valence-electron chi connectivity index (χ4n) is 5.40. The SMILES string of the molecule is COc1cccc(C[C@H](C2CCN(Cc3cccn3-c3cccnc3)CC2)N(C)C(=O)c2ccco2)c1. The quantitative estimate of drug-likeness (QED) is 0.322. The highest BCUT2D eigenvalue weighted by molar-refractivity contribution is 5.91. The molecule has 1 saturated heterocycles. The Morgan fingerprint density at radius 3 is 2.73 bits per heavy atom. The van der Waals surface area contributed by atoms with Crippen LogP contribution >= 0.6 is 0 Å². The number of carbonyl (C=O) groups is 1. The fourth-order valence-corrected chi connectivity index (χ4v) is 5.40. The van der Waals surface area contributed by atoms with Gasteiger partial charge in [-0.2, -0.15) is 0 Å². The Morgan fingerprint density at radius 1 is 1.14 bits per heavy atom. The van der Waals surface area contributed by atoms with Crippen molar-refractivity contribution in [2.75, 3.05) is 27.2 Å². The minimum absolute atomic E-state index is 0.0612. The molecule has 5 rings (SSSR count). The van der Waals surface area contributed by atoms with Crippen molar-refractivity contribution in [2.24, 2.45) is 5.92 Å². The molecule has 4 aromatic rings. The number of likely N-dealkylation sites (N-methyl/N-ethyl adjacent to an activating group) is 1. The van der Waals surface area contributed by atoms with Crippen LogP contribution in [0.15, 0.2) is 89.9 Å². The molecule has 1 aliphatic heterocycles. The predicted octanol–water partition coefficient (Wildman–Crippen LogP) is 5.07. The van der Waals surface area contributed by atoms with E-state index in [1.54, 1.807) is 31.7 Å². The molecule has 0 unspecified atom stereocenters. The van der Waals surface area contributed by atoms with Crippen LogP contribution in [0.25, 0.3) is 5.69 Å². The number of piperidine rings is 1. The second kappa shape index (κ2) is 11.5. The van der Waals surface area contributed by atoms with Crippen molar-refractivity contribution < 1.29 is 13.9 Å². The summed E-state index contributed by atoms with van der Waals surface area (Å²) in [6.07, 6.45) is 10.2. The molecule has 4 heterocycles. The van der Waals surface area contributed by atoms with Crippen molar-refractivity contribution in [3.63, 3.8) is 0 Å². The van der Waals surface area contributed by atoms with E-state index in [-0.39, 0.29) is 11.9 Å². The van der Waals surface area contributed by atoms with E-state index in [9.17, 15) is 4.79 Å². The number of aromatic nitrogens is 2. The lowest BCUT2D eigenvalue weighted by molar-refractivity contribution is 0.0555. The number of amides is 1. The molecule has 0 N–H and O–H groups in total. The number of hydrogen-bond donors (Lipinski definition) is 0. The summed E-state index contributed by atoms with van der Waals surface area (Å²) in [5.74, 6) is 1.53. The Bertz CT molecular complexity index is 1280. The summed E-state index contributed by atoms with van der Waals surface area (Å²) in [6.45, 7) is 2.86. The van der Waals surface area contributed by atoms with Gasteiger partial charge in [-0.1, -0.05) is 12.1 Å². The van der Waals surface area contributed by atoms with E-state index in [1.165, 1.54) is 11.3 Å². The zero-order valence-corrected chi connectivity index (χ0v) is 21.5. The van der Waals surface area contributed by atoms with Crippen LogP contribution < -0.4 is 4.74 Å². The zero-order chi connectivity index (χ0) is 25.6. The number of likely N-dealkylation sites (tertiary alicyclic amines) is 1. The van der Waals surface area contributed by atoms with Crippen LogP contribution in [0.4, 0.5) is 0 Å². The first kappa shape index (κ1) is 24.8. The van der Waals surface area contributed by atoms with Gasteiger partial charge >= 0.3 is 0 Å². The highest BCUT2D eigenvalue weighted by Gasteiger charge is 2.33. The Kier molecular flexibility index (Phi) is 7.70. The smallest absolute Gasteiger partial charge is 0.289 e. The van der Waals surface area contributed by atoms with E-state index in [1.807, 2.05) is 36.3 Å². The molecule has 3 aromatic heterocycles. The maximum absolute atomic E-state index is 13.2. The van der Waals surface area contributed by atoms with Crippen LogP contribution in [-0.2, 0) is 13.0 Å². The molecule has 1 fully saturated rings. The molecule has 1 amide bonds. The lowest BCUT2D eigenvalue weighted by Gasteiger charge is -2.40. The maximum atomic E-state index is 13.2. The third kappa shape index (κ3) is 5.78. The number of pyridine rings is 1. The summed E-state index contributed by atoms with van der Waals surface area (Å²) in [4.78, 5) is 21.9. The molecule has 1 aromatic carbocycles. The van der Waals surface area contributed by atoms with Gasteiger partial charge in [0.25, 0.3) is 5.91 Å². The molecule has 7 heteroatoms. The van der Waals surface area contributed by atoms with Gasteiger partial charge in [0.2, 0.25) is 0 Å². The van der Waals surface area contributed by atoms with E-state index < -0.39 is 0 Å². The van der Waals surface area contributed by atoms with E-state index in [0.29, 0.717) is 11.7 Å². The summed E-state index contributed by atoms with van der Waals surface area (Å²) in [5.41, 5.74) is 3.50. The van der Waals surface area contributed by atoms with Crippen LogP contribution in [0.2, 0.25) is 0 Å². The summed E-state index contributed by atoms with van der Waals surface area (Å²) < 4.78 is 13.1. The van der Waals surface area contributed by atoms with Crippen LogP contribution in [-0.4, -0.2) is 58.5 Å². The standard InChI is InChI=1S/C30H34N4O3/c1-32(30(35)29-11-6-18-37-29)28(20-23-7-3-10-27(19-23)36-2)24-12-16-33(17-13-24)22-26-9-5-15-34(26)25-8-4-14-31-21-25/h3-11,14-15,18-19,21,24,28H,12-13,16-17,20,22H2,1-2H3/t28-/m1/s1. The average molecular weight is 499 g/mol. The van der Waals surface area contributed by atoms with E-state index in [0.717, 1.165) is 50.3 Å². The van der Waals surface area contributed by atoms with Crippen LogP contribution in [0.1, 0.15) is 34.7 Å². The molecule has 0 saturated carbocycles. The minimum Gasteiger partial charge on any atom is -0.497 e. The molecule has 7 nitrogen and oxygen atoms in total. The zero-order valence-electron chi connectivity index (χ0n) is 21.5. The van der Waals surface area contributed by atoms with Crippen molar-refractivity contribution >= 4 is 5.91 Å². The largest absolute Gasteiger partial charge is 0.497 e. The van der Waals surface area contributed by atoms with Gasteiger partial charge in [0.15, 0.2) is 5.76 Å². The van der Waals surface area contributed by atoms with Gasteiger partial charge < -0.3 is 18.6 Å². The number of benzene rings is 1. The number of rotatable bonds is 9. The molecule has 37 heavy (non-hydrogen) atoms. The topological polar surface area (TPSA) is 63.7 Å².